The van der Waals surface area contributed by atoms with Crippen molar-refractivity contribution in [1.82, 2.24) is 5.32 Å². The minimum atomic E-state index is 0.769. The zero-order chi connectivity index (χ0) is 21.4. The molecule has 0 saturated heterocycles. The summed E-state index contributed by atoms with van der Waals surface area (Å²) in [5, 5.41) is 3.55. The predicted octanol–water partition coefficient (Wildman–Crippen LogP) is 7.20. The molecule has 0 fully saturated rings. The molecule has 0 heterocycles. The van der Waals surface area contributed by atoms with Gasteiger partial charge < -0.3 is 14.8 Å². The SMILES string of the molecule is CCCCCCOc1ccc(CNCc2ccc(C)cc2)c(OCCCCCC)c1. The molecule has 0 atom stereocenters. The van der Waals surface area contributed by atoms with Crippen molar-refractivity contribution in [3.05, 3.63) is 59.2 Å². The standard InChI is InChI=1S/C27H41NO2/c1-4-6-8-10-18-29-26-17-16-25(27(20-26)30-19-11-9-7-5-2)22-28-21-24-14-12-23(3)13-15-24/h12-17,20,28H,4-11,18-19,21-22H2,1-3H3. The lowest BCUT2D eigenvalue weighted by Gasteiger charge is -2.15. The molecular formula is C27H41NO2. The number of aryl methyl sites for hydroxylation is 1. The summed E-state index contributed by atoms with van der Waals surface area (Å²) in [5.41, 5.74) is 3.79. The van der Waals surface area contributed by atoms with Crippen molar-refractivity contribution in [2.75, 3.05) is 13.2 Å². The number of hydrogen-bond acceptors (Lipinski definition) is 3. The van der Waals surface area contributed by atoms with Gasteiger partial charge in [0.15, 0.2) is 0 Å². The Labute approximate surface area is 184 Å². The number of unbranched alkanes of at least 4 members (excludes halogenated alkanes) is 6. The van der Waals surface area contributed by atoms with Crippen LogP contribution in [-0.4, -0.2) is 13.2 Å². The van der Waals surface area contributed by atoms with Crippen LogP contribution in [0.25, 0.3) is 0 Å². The summed E-state index contributed by atoms with van der Waals surface area (Å²) in [6.07, 6.45) is 9.72. The van der Waals surface area contributed by atoms with Gasteiger partial charge in [0, 0.05) is 24.7 Å². The van der Waals surface area contributed by atoms with Crippen LogP contribution in [0.5, 0.6) is 11.5 Å². The lowest BCUT2D eigenvalue weighted by molar-refractivity contribution is 0.288. The number of hydrogen-bond donors (Lipinski definition) is 1. The van der Waals surface area contributed by atoms with Gasteiger partial charge in [0.05, 0.1) is 13.2 Å². The number of rotatable bonds is 16. The van der Waals surface area contributed by atoms with E-state index in [4.69, 9.17) is 9.47 Å². The van der Waals surface area contributed by atoms with E-state index >= 15 is 0 Å². The van der Waals surface area contributed by atoms with E-state index in [1.807, 2.05) is 0 Å². The van der Waals surface area contributed by atoms with Crippen molar-refractivity contribution in [3.63, 3.8) is 0 Å². The van der Waals surface area contributed by atoms with Crippen molar-refractivity contribution in [1.29, 1.82) is 0 Å². The molecule has 3 heteroatoms. The van der Waals surface area contributed by atoms with Crippen molar-refractivity contribution in [3.8, 4) is 11.5 Å². The summed E-state index contributed by atoms with van der Waals surface area (Å²) in [6, 6.07) is 15.0. The molecule has 0 radical (unpaired) electrons. The normalized spacial score (nSPS) is 10.9. The van der Waals surface area contributed by atoms with Crippen LogP contribution < -0.4 is 14.8 Å². The maximum absolute atomic E-state index is 6.17. The van der Waals surface area contributed by atoms with E-state index in [0.717, 1.165) is 50.6 Å². The Morgan fingerprint density at radius 1 is 0.700 bits per heavy atom. The van der Waals surface area contributed by atoms with Crippen LogP contribution in [0, 0.1) is 6.92 Å². The summed E-state index contributed by atoms with van der Waals surface area (Å²) in [5.74, 6) is 1.87. The lowest BCUT2D eigenvalue weighted by Crippen LogP contribution is -2.14. The van der Waals surface area contributed by atoms with Crippen molar-refractivity contribution in [2.24, 2.45) is 0 Å². The predicted molar refractivity (Wildman–Crippen MR) is 127 cm³/mol. The van der Waals surface area contributed by atoms with Crippen LogP contribution in [0.1, 0.15) is 81.9 Å². The van der Waals surface area contributed by atoms with Gasteiger partial charge in [0.1, 0.15) is 11.5 Å². The molecule has 0 aliphatic heterocycles. The van der Waals surface area contributed by atoms with Crippen molar-refractivity contribution >= 4 is 0 Å². The molecule has 2 aromatic rings. The van der Waals surface area contributed by atoms with E-state index < -0.39 is 0 Å². The molecular weight excluding hydrogens is 370 g/mol. The van der Waals surface area contributed by atoms with Gasteiger partial charge in [-0.05, 0) is 31.4 Å². The van der Waals surface area contributed by atoms with Crippen molar-refractivity contribution < 1.29 is 9.47 Å². The van der Waals surface area contributed by atoms with Gasteiger partial charge in [-0.1, -0.05) is 88.3 Å². The average molecular weight is 412 g/mol. The molecule has 30 heavy (non-hydrogen) atoms. The zero-order valence-electron chi connectivity index (χ0n) is 19.3. The summed E-state index contributed by atoms with van der Waals surface area (Å²) in [4.78, 5) is 0. The summed E-state index contributed by atoms with van der Waals surface area (Å²) in [6.45, 7) is 9.78. The second-order valence-corrected chi connectivity index (χ2v) is 8.18. The first kappa shape index (κ1) is 24.3. The first-order valence-electron chi connectivity index (χ1n) is 11.9. The Bertz CT molecular complexity index is 697. The fourth-order valence-corrected chi connectivity index (χ4v) is 3.38. The number of nitrogens with one attached hydrogen (secondary N) is 1. The molecule has 0 spiro atoms. The van der Waals surface area contributed by atoms with Gasteiger partial charge in [-0.15, -0.1) is 0 Å². The molecule has 0 unspecified atom stereocenters. The third-order valence-electron chi connectivity index (χ3n) is 5.33. The highest BCUT2D eigenvalue weighted by molar-refractivity contribution is 5.41. The second kappa shape index (κ2) is 14.9. The summed E-state index contributed by atoms with van der Waals surface area (Å²) >= 11 is 0. The third-order valence-corrected chi connectivity index (χ3v) is 5.33. The van der Waals surface area contributed by atoms with E-state index in [2.05, 4.69) is 68.6 Å². The molecule has 1 N–H and O–H groups in total. The largest absolute Gasteiger partial charge is 0.493 e. The smallest absolute Gasteiger partial charge is 0.127 e. The molecule has 2 rings (SSSR count). The van der Waals surface area contributed by atoms with Crippen LogP contribution in [0.15, 0.2) is 42.5 Å². The minimum Gasteiger partial charge on any atom is -0.493 e. The van der Waals surface area contributed by atoms with Crippen molar-refractivity contribution in [2.45, 2.75) is 85.2 Å². The van der Waals surface area contributed by atoms with Gasteiger partial charge >= 0.3 is 0 Å². The van der Waals surface area contributed by atoms with Crippen LogP contribution in [0.3, 0.4) is 0 Å². The molecule has 0 saturated carbocycles. The topological polar surface area (TPSA) is 30.5 Å². The lowest BCUT2D eigenvalue weighted by atomic mass is 10.1. The molecule has 0 aromatic heterocycles. The highest BCUT2D eigenvalue weighted by atomic mass is 16.5. The quantitative estimate of drug-likeness (QED) is 0.296. The highest BCUT2D eigenvalue weighted by Crippen LogP contribution is 2.26. The van der Waals surface area contributed by atoms with Crippen LogP contribution in [0.4, 0.5) is 0 Å². The zero-order valence-corrected chi connectivity index (χ0v) is 19.3. The Kier molecular flexibility index (Phi) is 12.1. The van der Waals surface area contributed by atoms with Gasteiger partial charge in [0.25, 0.3) is 0 Å². The highest BCUT2D eigenvalue weighted by Gasteiger charge is 2.07. The fraction of sp³-hybridized carbons (Fsp3) is 0.556. The van der Waals surface area contributed by atoms with Crippen LogP contribution >= 0.6 is 0 Å². The van der Waals surface area contributed by atoms with Gasteiger partial charge in [-0.25, -0.2) is 0 Å². The third kappa shape index (κ3) is 9.67. The molecule has 0 aliphatic rings. The minimum absolute atomic E-state index is 0.769. The summed E-state index contributed by atoms with van der Waals surface area (Å²) in [7, 11) is 0. The average Bonchev–Trinajstić information content (AvgIpc) is 2.76. The second-order valence-electron chi connectivity index (χ2n) is 8.18. The van der Waals surface area contributed by atoms with Crippen LogP contribution in [-0.2, 0) is 13.1 Å². The summed E-state index contributed by atoms with van der Waals surface area (Å²) < 4.78 is 12.1. The van der Waals surface area contributed by atoms with Crippen LogP contribution in [0.2, 0.25) is 0 Å². The van der Waals surface area contributed by atoms with E-state index in [-0.39, 0.29) is 0 Å². The molecule has 0 amide bonds. The molecule has 2 aromatic carbocycles. The molecule has 3 nitrogen and oxygen atoms in total. The van der Waals surface area contributed by atoms with Gasteiger partial charge in [-0.3, -0.25) is 0 Å². The number of benzene rings is 2. The maximum atomic E-state index is 6.17. The van der Waals surface area contributed by atoms with Gasteiger partial charge in [0.2, 0.25) is 0 Å². The van der Waals surface area contributed by atoms with E-state index in [1.165, 1.54) is 55.2 Å². The molecule has 0 aliphatic carbocycles. The Hall–Kier alpha value is -2.00. The molecule has 0 bridgehead atoms. The Balaban J connectivity index is 1.90. The van der Waals surface area contributed by atoms with E-state index in [1.54, 1.807) is 0 Å². The van der Waals surface area contributed by atoms with E-state index in [0.29, 0.717) is 0 Å². The van der Waals surface area contributed by atoms with E-state index in [9.17, 15) is 0 Å². The Morgan fingerprint density at radius 2 is 1.37 bits per heavy atom. The first-order valence-corrected chi connectivity index (χ1v) is 11.9. The number of ether oxygens (including phenoxy) is 2. The fourth-order valence-electron chi connectivity index (χ4n) is 3.38. The van der Waals surface area contributed by atoms with Gasteiger partial charge in [-0.2, -0.15) is 0 Å². The molecule has 166 valence electrons. The Morgan fingerprint density at radius 3 is 2.03 bits per heavy atom. The first-order chi connectivity index (χ1) is 14.7. The maximum Gasteiger partial charge on any atom is 0.127 e. The monoisotopic (exact) mass is 411 g/mol.